The lowest BCUT2D eigenvalue weighted by molar-refractivity contribution is 0.467. The maximum absolute atomic E-state index is 6.73. The Bertz CT molecular complexity index is 2560. The van der Waals surface area contributed by atoms with Gasteiger partial charge in [-0.05, 0) is 80.1 Å². The second-order valence-corrected chi connectivity index (χ2v) is 19.4. The van der Waals surface area contributed by atoms with Crippen LogP contribution < -0.4 is 30.2 Å². The Morgan fingerprint density at radius 3 is 1.97 bits per heavy atom. The van der Waals surface area contributed by atoms with Crippen LogP contribution in [0.3, 0.4) is 0 Å². The number of rotatable bonds is 11. The highest BCUT2D eigenvalue weighted by Gasteiger charge is 2.67. The predicted molar refractivity (Wildman–Crippen MR) is 246 cm³/mol. The third-order valence-electron chi connectivity index (χ3n) is 10.8. The molecule has 3 atom stereocenters. The van der Waals surface area contributed by atoms with Crippen molar-refractivity contribution in [2.75, 3.05) is 33.1 Å². The van der Waals surface area contributed by atoms with E-state index < -0.39 is 15.9 Å². The molecule has 9 heteroatoms. The van der Waals surface area contributed by atoms with Crippen molar-refractivity contribution in [1.29, 1.82) is 0 Å². The maximum Gasteiger partial charge on any atom is 0.251 e. The van der Waals surface area contributed by atoms with Gasteiger partial charge in [0.1, 0.15) is 11.0 Å². The Kier molecular flexibility index (Phi) is 10.4. The molecule has 1 aliphatic heterocycles. The minimum absolute atomic E-state index is 0.351. The van der Waals surface area contributed by atoms with E-state index in [1.165, 1.54) is 5.70 Å². The van der Waals surface area contributed by atoms with Crippen molar-refractivity contribution in [2.24, 2.45) is 0 Å². The van der Waals surface area contributed by atoms with Gasteiger partial charge >= 0.3 is 0 Å². The fourth-order valence-corrected chi connectivity index (χ4v) is 14.2. The van der Waals surface area contributed by atoms with E-state index in [0.717, 1.165) is 57.0 Å². The van der Waals surface area contributed by atoms with Crippen molar-refractivity contribution >= 4 is 60.9 Å². The Balaban J connectivity index is 1.30. The Morgan fingerprint density at radius 2 is 1.29 bits per heavy atom. The normalized spacial score (nSPS) is 19.0. The van der Waals surface area contributed by atoms with Gasteiger partial charge in [0, 0.05) is 30.1 Å². The summed E-state index contributed by atoms with van der Waals surface area (Å²) < 4.78 is 14.3. The molecule has 9 rings (SSSR count). The lowest BCUT2D eigenvalue weighted by atomic mass is 9.89. The summed E-state index contributed by atoms with van der Waals surface area (Å²) in [5.74, 6) is 0.663. The van der Waals surface area contributed by atoms with E-state index in [2.05, 4.69) is 203 Å². The van der Waals surface area contributed by atoms with Gasteiger partial charge < -0.3 is 9.84 Å². The van der Waals surface area contributed by atoms with Crippen LogP contribution in [0.15, 0.2) is 206 Å². The number of aromatic nitrogens is 2. The van der Waals surface area contributed by atoms with Gasteiger partial charge in [-0.15, -0.1) is 0 Å². The van der Waals surface area contributed by atoms with Gasteiger partial charge in [0.2, 0.25) is 5.44 Å². The highest BCUT2D eigenvalue weighted by Crippen LogP contribution is 2.74. The van der Waals surface area contributed by atoms with E-state index in [-0.39, 0.29) is 5.54 Å². The molecule has 0 saturated carbocycles. The zero-order chi connectivity index (χ0) is 39.5. The summed E-state index contributed by atoms with van der Waals surface area (Å²) in [6, 6.07) is 63.4. The zero-order valence-corrected chi connectivity index (χ0v) is 34.6. The van der Waals surface area contributed by atoms with Gasteiger partial charge in [-0.3, -0.25) is 4.67 Å². The number of hydrogen-bond donors (Lipinski definition) is 1. The summed E-state index contributed by atoms with van der Waals surface area (Å²) in [6.07, 6.45) is 7.65. The molecular weight excluding hydrogens is 751 g/mol. The first-order chi connectivity index (χ1) is 28.5. The number of para-hydroxylation sites is 6. The first kappa shape index (κ1) is 37.5. The van der Waals surface area contributed by atoms with E-state index in [0.29, 0.717) is 5.82 Å². The third-order valence-corrected chi connectivity index (χ3v) is 16.4. The first-order valence-electron chi connectivity index (χ1n) is 19.5. The summed E-state index contributed by atoms with van der Waals surface area (Å²) in [4.78, 5) is 11.1. The fourth-order valence-electron chi connectivity index (χ4n) is 8.26. The molecule has 1 aromatic heterocycles. The van der Waals surface area contributed by atoms with Crippen LogP contribution in [0.5, 0.6) is 0 Å². The highest BCUT2D eigenvalue weighted by atomic mass is 31.2. The Labute approximate surface area is 343 Å². The molecule has 286 valence electrons. The third kappa shape index (κ3) is 6.76. The summed E-state index contributed by atoms with van der Waals surface area (Å²) in [5, 5.41) is 3.69. The van der Waals surface area contributed by atoms with Crippen molar-refractivity contribution in [3.05, 3.63) is 206 Å². The van der Waals surface area contributed by atoms with Crippen LogP contribution in [0.25, 0.3) is 11.4 Å². The van der Waals surface area contributed by atoms with Crippen LogP contribution in [-0.2, 0) is 4.52 Å². The van der Waals surface area contributed by atoms with E-state index in [9.17, 15) is 0 Å². The summed E-state index contributed by atoms with van der Waals surface area (Å²) in [5.41, 5.74) is 9.84. The van der Waals surface area contributed by atoms with Crippen molar-refractivity contribution in [1.82, 2.24) is 9.97 Å². The molecule has 2 aliphatic rings. The molecule has 2 heterocycles. The molecule has 0 radical (unpaired) electrons. The number of benzene rings is 6. The van der Waals surface area contributed by atoms with Gasteiger partial charge in [-0.25, -0.2) is 9.65 Å². The number of anilines is 6. The molecule has 1 saturated heterocycles. The topological polar surface area (TPSA) is 56.8 Å². The molecule has 1 N–H and O–H groups in total. The SMILES string of the molecule is COP(c1cc([P+]2(C)N(c3ccccc3)C3=CC=CCC3(C)N2c2ccccc2)nc(-c2ccccc2)n1)N(c1ccccc1)c1ccccc1Nc1ccccc1. The van der Waals surface area contributed by atoms with Crippen LogP contribution in [0.4, 0.5) is 34.1 Å². The summed E-state index contributed by atoms with van der Waals surface area (Å²) >= 11 is 0. The molecule has 7 nitrogen and oxygen atoms in total. The van der Waals surface area contributed by atoms with Crippen LogP contribution >= 0.6 is 15.9 Å². The predicted octanol–water partition coefficient (Wildman–Crippen LogP) is 12.0. The molecule has 6 aromatic carbocycles. The maximum atomic E-state index is 6.73. The number of allylic oxidation sites excluding steroid dienone is 2. The van der Waals surface area contributed by atoms with Crippen molar-refractivity contribution in [3.63, 3.8) is 0 Å². The lowest BCUT2D eigenvalue weighted by Crippen LogP contribution is -2.44. The molecule has 7 aromatic rings. The molecule has 0 amide bonds. The lowest BCUT2D eigenvalue weighted by Gasteiger charge is -2.38. The molecule has 0 spiro atoms. The summed E-state index contributed by atoms with van der Waals surface area (Å²) in [7, 11) is -2.43. The van der Waals surface area contributed by atoms with Crippen molar-refractivity contribution in [2.45, 2.75) is 18.9 Å². The molecular formula is C49H45N6OP2+. The van der Waals surface area contributed by atoms with E-state index in [4.69, 9.17) is 14.5 Å². The summed E-state index contributed by atoms with van der Waals surface area (Å²) in [6.45, 7) is 4.80. The minimum Gasteiger partial charge on any atom is -0.354 e. The van der Waals surface area contributed by atoms with Gasteiger partial charge in [0.25, 0.3) is 7.56 Å². The first-order valence-corrected chi connectivity index (χ1v) is 22.9. The average Bonchev–Trinajstić information content (AvgIpc) is 3.50. The van der Waals surface area contributed by atoms with Crippen molar-refractivity contribution in [3.8, 4) is 11.4 Å². The van der Waals surface area contributed by atoms with E-state index in [1.54, 1.807) is 7.11 Å². The van der Waals surface area contributed by atoms with Crippen LogP contribution in [0, 0.1) is 0 Å². The fraction of sp³-hybridized carbons (Fsp3) is 0.102. The molecule has 1 aliphatic carbocycles. The minimum atomic E-state index is -2.63. The standard InChI is InChI=1S/C49H45N6OP2/c1-49-36-22-21-35-45(49)54(41-29-15-7-16-30-41)58(3,55(49)42-31-17-8-18-32-42)47-37-46(51-48(52-47)38-23-9-4-10-24-38)57(56-2)53(40-27-13-6-14-28-40)44-34-20-19-33-43(44)50-39-25-11-5-12-26-39/h4-35,37,50H,36H2,1-3H3/q+1. The molecule has 58 heavy (non-hydrogen) atoms. The zero-order valence-electron chi connectivity index (χ0n) is 32.8. The van der Waals surface area contributed by atoms with Gasteiger partial charge in [0.05, 0.1) is 35.1 Å². The smallest absolute Gasteiger partial charge is 0.251 e. The second-order valence-electron chi connectivity index (χ2n) is 14.6. The van der Waals surface area contributed by atoms with Crippen LogP contribution in [-0.4, -0.2) is 29.3 Å². The Morgan fingerprint density at radius 1 is 0.707 bits per heavy atom. The van der Waals surface area contributed by atoms with Gasteiger partial charge in [-0.2, -0.15) is 9.65 Å². The number of nitrogens with one attached hydrogen (secondary N) is 1. The van der Waals surface area contributed by atoms with Gasteiger partial charge in [0.15, 0.2) is 14.1 Å². The van der Waals surface area contributed by atoms with Crippen LogP contribution in [0.1, 0.15) is 13.3 Å². The molecule has 0 bridgehead atoms. The number of fused-ring (bicyclic) bond motifs is 1. The highest BCUT2D eigenvalue weighted by molar-refractivity contribution is 7.85. The van der Waals surface area contributed by atoms with E-state index in [1.807, 2.05) is 30.3 Å². The Hall–Kier alpha value is -6.10. The average molecular weight is 796 g/mol. The quantitative estimate of drug-likeness (QED) is 0.131. The van der Waals surface area contributed by atoms with Crippen LogP contribution in [0.2, 0.25) is 0 Å². The molecule has 1 fully saturated rings. The monoisotopic (exact) mass is 795 g/mol. The largest absolute Gasteiger partial charge is 0.354 e. The van der Waals surface area contributed by atoms with E-state index >= 15 is 0 Å². The molecule has 3 unspecified atom stereocenters. The van der Waals surface area contributed by atoms with Crippen molar-refractivity contribution < 1.29 is 4.52 Å². The number of nitrogens with zero attached hydrogens (tertiary/aromatic N) is 5. The van der Waals surface area contributed by atoms with Gasteiger partial charge in [-0.1, -0.05) is 127 Å². The number of hydrogen-bond acceptors (Lipinski definition) is 7. The second kappa shape index (κ2) is 16.0.